The molecule has 0 bridgehead atoms. The lowest BCUT2D eigenvalue weighted by Crippen LogP contribution is -2.13. The Hall–Kier alpha value is -0.920. The molecule has 0 spiro atoms. The fourth-order valence-electron chi connectivity index (χ4n) is 1.32. The van der Waals surface area contributed by atoms with Crippen molar-refractivity contribution in [1.82, 2.24) is 10.2 Å². The van der Waals surface area contributed by atoms with Crippen LogP contribution in [0.25, 0.3) is 0 Å². The molecule has 2 N–H and O–H groups in total. The van der Waals surface area contributed by atoms with Crippen molar-refractivity contribution in [2.75, 3.05) is 5.73 Å². The van der Waals surface area contributed by atoms with Gasteiger partial charge in [-0.05, 0) is 19.1 Å². The minimum absolute atomic E-state index is 0.0706. The minimum Gasteiger partial charge on any atom is -0.374 e. The van der Waals surface area contributed by atoms with Crippen molar-refractivity contribution >= 4 is 49.9 Å². The average molecular weight is 344 g/mol. The molecular weight excluding hydrogens is 334 g/mol. The summed E-state index contributed by atoms with van der Waals surface area (Å²) in [6, 6.07) is 7.32. The summed E-state index contributed by atoms with van der Waals surface area (Å²) >= 11 is 6.01. The molecule has 7 heteroatoms. The van der Waals surface area contributed by atoms with E-state index in [0.717, 1.165) is 4.47 Å². The highest BCUT2D eigenvalue weighted by atomic mass is 79.9. The van der Waals surface area contributed by atoms with E-state index < -0.39 is 0 Å². The van der Waals surface area contributed by atoms with E-state index in [1.807, 2.05) is 19.1 Å². The first kappa shape index (κ1) is 13.5. The van der Waals surface area contributed by atoms with Gasteiger partial charge in [-0.1, -0.05) is 51.2 Å². The summed E-state index contributed by atoms with van der Waals surface area (Å²) in [4.78, 5) is 12.2. The van der Waals surface area contributed by atoms with E-state index >= 15 is 0 Å². The Morgan fingerprint density at radius 1 is 1.39 bits per heavy atom. The Morgan fingerprint density at radius 3 is 2.61 bits per heavy atom. The molecule has 0 amide bonds. The van der Waals surface area contributed by atoms with Crippen LogP contribution in [-0.4, -0.2) is 21.2 Å². The van der Waals surface area contributed by atoms with Crippen LogP contribution in [0.5, 0.6) is 0 Å². The van der Waals surface area contributed by atoms with Crippen LogP contribution in [0.15, 0.2) is 33.1 Å². The smallest absolute Gasteiger partial charge is 0.203 e. The molecular formula is C11H10BrN3OS2. The molecule has 1 heterocycles. The second-order valence-corrected chi connectivity index (χ2v) is 7.05. The summed E-state index contributed by atoms with van der Waals surface area (Å²) in [5.41, 5.74) is 6.19. The molecule has 2 aromatic rings. The predicted molar refractivity (Wildman–Crippen MR) is 78.1 cm³/mol. The number of halogens is 1. The van der Waals surface area contributed by atoms with Crippen LogP contribution < -0.4 is 5.73 Å². The molecule has 4 nitrogen and oxygen atoms in total. The van der Waals surface area contributed by atoms with E-state index in [0.29, 0.717) is 15.0 Å². The largest absolute Gasteiger partial charge is 0.374 e. The summed E-state index contributed by atoms with van der Waals surface area (Å²) in [6.07, 6.45) is 0. The van der Waals surface area contributed by atoms with Gasteiger partial charge in [-0.3, -0.25) is 4.79 Å². The summed E-state index contributed by atoms with van der Waals surface area (Å²) in [5, 5.41) is 7.82. The number of ketones is 1. The average Bonchev–Trinajstić information content (AvgIpc) is 2.75. The van der Waals surface area contributed by atoms with Gasteiger partial charge in [-0.25, -0.2) is 0 Å². The first-order valence-electron chi connectivity index (χ1n) is 5.11. The molecule has 0 radical (unpaired) electrons. The van der Waals surface area contributed by atoms with E-state index in [-0.39, 0.29) is 11.0 Å². The molecule has 1 atom stereocenters. The molecule has 0 aliphatic carbocycles. The van der Waals surface area contributed by atoms with Gasteiger partial charge in [-0.15, -0.1) is 10.2 Å². The maximum absolute atomic E-state index is 12.2. The second kappa shape index (κ2) is 5.81. The van der Waals surface area contributed by atoms with Crippen LogP contribution in [-0.2, 0) is 0 Å². The molecule has 2 rings (SSSR count). The number of anilines is 1. The van der Waals surface area contributed by atoms with Gasteiger partial charge in [0, 0.05) is 10.0 Å². The maximum atomic E-state index is 12.2. The summed E-state index contributed by atoms with van der Waals surface area (Å²) in [5.74, 6) is 0.0706. The Morgan fingerprint density at radius 2 is 2.06 bits per heavy atom. The van der Waals surface area contributed by atoms with Crippen LogP contribution in [0, 0.1) is 0 Å². The lowest BCUT2D eigenvalue weighted by Gasteiger charge is -2.07. The van der Waals surface area contributed by atoms with Crippen LogP contribution in [0.1, 0.15) is 17.3 Å². The van der Waals surface area contributed by atoms with Crippen molar-refractivity contribution in [2.45, 2.75) is 16.5 Å². The quantitative estimate of drug-likeness (QED) is 0.681. The highest BCUT2D eigenvalue weighted by molar-refractivity contribution is 9.10. The van der Waals surface area contributed by atoms with Gasteiger partial charge in [0.15, 0.2) is 10.1 Å². The van der Waals surface area contributed by atoms with Gasteiger partial charge in [-0.2, -0.15) is 0 Å². The van der Waals surface area contributed by atoms with Gasteiger partial charge in [0.05, 0.1) is 5.25 Å². The lowest BCUT2D eigenvalue weighted by atomic mass is 10.1. The fourth-order valence-corrected chi connectivity index (χ4v) is 3.44. The molecule has 18 heavy (non-hydrogen) atoms. The zero-order valence-corrected chi connectivity index (χ0v) is 12.7. The first-order chi connectivity index (χ1) is 8.56. The van der Waals surface area contributed by atoms with E-state index in [2.05, 4.69) is 26.1 Å². The topological polar surface area (TPSA) is 68.9 Å². The number of nitrogens with two attached hydrogens (primary N) is 1. The molecule has 1 aromatic heterocycles. The number of hydrogen-bond donors (Lipinski definition) is 1. The first-order valence-corrected chi connectivity index (χ1v) is 7.60. The predicted octanol–water partition coefficient (Wildman–Crippen LogP) is 3.25. The third kappa shape index (κ3) is 3.30. The van der Waals surface area contributed by atoms with Crippen molar-refractivity contribution in [3.8, 4) is 0 Å². The molecule has 1 aromatic carbocycles. The summed E-state index contributed by atoms with van der Waals surface area (Å²) < 4.78 is 1.67. The van der Waals surface area contributed by atoms with Crippen molar-refractivity contribution in [3.05, 3.63) is 34.3 Å². The second-order valence-electron chi connectivity index (χ2n) is 3.54. The Labute approximate surface area is 121 Å². The molecule has 0 fully saturated rings. The van der Waals surface area contributed by atoms with E-state index in [1.54, 1.807) is 12.1 Å². The van der Waals surface area contributed by atoms with Crippen molar-refractivity contribution in [1.29, 1.82) is 0 Å². The fraction of sp³-hybridized carbons (Fsp3) is 0.182. The maximum Gasteiger partial charge on any atom is 0.203 e. The number of rotatable bonds is 4. The Balaban J connectivity index is 2.07. The van der Waals surface area contributed by atoms with Crippen molar-refractivity contribution in [3.63, 3.8) is 0 Å². The lowest BCUT2D eigenvalue weighted by molar-refractivity contribution is 0.0994. The van der Waals surface area contributed by atoms with E-state index in [4.69, 9.17) is 5.73 Å². The number of nitrogen functional groups attached to an aromatic ring is 1. The van der Waals surface area contributed by atoms with Crippen molar-refractivity contribution in [2.24, 2.45) is 0 Å². The van der Waals surface area contributed by atoms with Crippen molar-refractivity contribution < 1.29 is 4.79 Å². The molecule has 0 aliphatic heterocycles. The number of thioether (sulfide) groups is 1. The number of hydrogen-bond acceptors (Lipinski definition) is 6. The third-order valence-electron chi connectivity index (χ3n) is 2.20. The highest BCUT2D eigenvalue weighted by Gasteiger charge is 2.18. The summed E-state index contributed by atoms with van der Waals surface area (Å²) in [7, 11) is 0. The van der Waals surface area contributed by atoms with Gasteiger partial charge in [0.1, 0.15) is 0 Å². The Bertz CT molecular complexity index is 556. The SMILES string of the molecule is C[C@H](Sc1nnc(N)s1)C(=O)c1ccc(Br)cc1. The number of aromatic nitrogens is 2. The van der Waals surface area contributed by atoms with E-state index in [1.165, 1.54) is 23.1 Å². The molecule has 94 valence electrons. The molecule has 0 aliphatic rings. The number of carbonyl (C=O) groups excluding carboxylic acids is 1. The van der Waals surface area contributed by atoms with Gasteiger partial charge in [0.25, 0.3) is 0 Å². The highest BCUT2D eigenvalue weighted by Crippen LogP contribution is 2.29. The van der Waals surface area contributed by atoms with Gasteiger partial charge in [0.2, 0.25) is 5.13 Å². The zero-order chi connectivity index (χ0) is 13.1. The van der Waals surface area contributed by atoms with Crippen LogP contribution in [0.4, 0.5) is 5.13 Å². The van der Waals surface area contributed by atoms with Crippen LogP contribution >= 0.6 is 39.0 Å². The van der Waals surface area contributed by atoms with Gasteiger partial charge < -0.3 is 5.73 Å². The van der Waals surface area contributed by atoms with Gasteiger partial charge >= 0.3 is 0 Å². The van der Waals surface area contributed by atoms with Crippen LogP contribution in [0.2, 0.25) is 0 Å². The monoisotopic (exact) mass is 343 g/mol. The number of carbonyl (C=O) groups is 1. The summed E-state index contributed by atoms with van der Waals surface area (Å²) in [6.45, 7) is 1.85. The zero-order valence-electron chi connectivity index (χ0n) is 9.46. The normalized spacial score (nSPS) is 12.3. The number of Topliss-reactive ketones (excluding diaryl/α,β-unsaturated/α-hetero) is 1. The van der Waals surface area contributed by atoms with E-state index in [9.17, 15) is 4.79 Å². The Kier molecular flexibility index (Phi) is 4.36. The molecule has 0 unspecified atom stereocenters. The molecule has 0 saturated carbocycles. The third-order valence-corrected chi connectivity index (χ3v) is 4.66. The standard InChI is InChI=1S/C11H10BrN3OS2/c1-6(17-11-15-14-10(13)18-11)9(16)7-2-4-8(12)5-3-7/h2-6H,1H3,(H2,13,14)/t6-/m0/s1. The molecule has 0 saturated heterocycles. The number of benzene rings is 1. The van der Waals surface area contributed by atoms with Crippen LogP contribution in [0.3, 0.4) is 0 Å². The number of nitrogens with zero attached hydrogens (tertiary/aromatic N) is 2. The minimum atomic E-state index is -0.210.